The van der Waals surface area contributed by atoms with Gasteiger partial charge in [-0.15, -0.1) is 11.3 Å². The van der Waals surface area contributed by atoms with Crippen LogP contribution in [0.2, 0.25) is 0 Å². The van der Waals surface area contributed by atoms with E-state index in [0.717, 1.165) is 16.2 Å². The van der Waals surface area contributed by atoms with E-state index in [4.69, 9.17) is 4.98 Å². The molecule has 51 heavy (non-hydrogen) atoms. The van der Waals surface area contributed by atoms with Crippen molar-refractivity contribution in [2.24, 2.45) is 0 Å². The SMILES string of the molecule is c1ccc(-c2cc(-c3ccccc3)cc(-n3c4ccccc4c4c5c6cccnc6sc5c5c(c6ccccc6n5-c5ccccc5)c43)c2)cc1. The van der Waals surface area contributed by atoms with E-state index in [2.05, 4.69) is 179 Å². The summed E-state index contributed by atoms with van der Waals surface area (Å²) in [4.78, 5) is 5.98. The van der Waals surface area contributed by atoms with Crippen LogP contribution in [0.4, 0.5) is 0 Å². The molecule has 11 rings (SSSR count). The Morgan fingerprint density at radius 3 is 1.57 bits per heavy atom. The van der Waals surface area contributed by atoms with Crippen LogP contribution in [0, 0.1) is 0 Å². The van der Waals surface area contributed by atoms with Crippen molar-refractivity contribution in [3.8, 4) is 33.6 Å². The molecule has 0 aliphatic heterocycles. The minimum absolute atomic E-state index is 1.06. The van der Waals surface area contributed by atoms with E-state index in [0.29, 0.717) is 0 Å². The Morgan fingerprint density at radius 2 is 0.922 bits per heavy atom. The average Bonchev–Trinajstić information content (AvgIpc) is 3.87. The summed E-state index contributed by atoms with van der Waals surface area (Å²) < 4.78 is 6.27. The lowest BCUT2D eigenvalue weighted by atomic mass is 9.97. The molecule has 0 aliphatic rings. The van der Waals surface area contributed by atoms with Gasteiger partial charge in [-0.1, -0.05) is 115 Å². The summed E-state index contributed by atoms with van der Waals surface area (Å²) in [5.74, 6) is 0. The zero-order chi connectivity index (χ0) is 33.5. The number of benzene rings is 7. The first-order valence-corrected chi connectivity index (χ1v) is 18.1. The summed E-state index contributed by atoms with van der Waals surface area (Å²) in [6.45, 7) is 0. The molecule has 0 atom stereocenters. The number of rotatable bonds is 4. The van der Waals surface area contributed by atoms with Crippen LogP contribution < -0.4 is 0 Å². The topological polar surface area (TPSA) is 22.8 Å². The molecule has 0 bridgehead atoms. The van der Waals surface area contributed by atoms with Gasteiger partial charge in [0, 0.05) is 49.9 Å². The number of pyridine rings is 1. The maximum atomic E-state index is 4.93. The molecule has 0 saturated heterocycles. The van der Waals surface area contributed by atoms with Crippen molar-refractivity contribution >= 4 is 75.3 Å². The van der Waals surface area contributed by atoms with Gasteiger partial charge in [0.2, 0.25) is 0 Å². The molecule has 0 unspecified atom stereocenters. The summed E-state index contributed by atoms with van der Waals surface area (Å²) in [5.41, 5.74) is 11.9. The summed E-state index contributed by atoms with van der Waals surface area (Å²) in [7, 11) is 0. The van der Waals surface area contributed by atoms with Crippen LogP contribution >= 0.6 is 11.3 Å². The highest BCUT2D eigenvalue weighted by atomic mass is 32.1. The number of aromatic nitrogens is 3. The van der Waals surface area contributed by atoms with Gasteiger partial charge in [0.25, 0.3) is 0 Å². The van der Waals surface area contributed by atoms with Crippen molar-refractivity contribution in [2.75, 3.05) is 0 Å². The first kappa shape index (κ1) is 28.4. The molecule has 3 nitrogen and oxygen atoms in total. The van der Waals surface area contributed by atoms with Crippen LogP contribution in [0.1, 0.15) is 0 Å². The van der Waals surface area contributed by atoms with E-state index in [-0.39, 0.29) is 0 Å². The fraction of sp³-hybridized carbons (Fsp3) is 0. The van der Waals surface area contributed by atoms with Crippen molar-refractivity contribution in [3.63, 3.8) is 0 Å². The van der Waals surface area contributed by atoms with E-state index < -0.39 is 0 Å². The minimum atomic E-state index is 1.06. The normalized spacial score (nSPS) is 11.9. The van der Waals surface area contributed by atoms with E-state index in [9.17, 15) is 0 Å². The maximum absolute atomic E-state index is 4.93. The lowest BCUT2D eigenvalue weighted by Crippen LogP contribution is -1.97. The number of thiophene rings is 1. The van der Waals surface area contributed by atoms with Crippen molar-refractivity contribution in [2.45, 2.75) is 0 Å². The average molecular weight is 668 g/mol. The first-order valence-electron chi connectivity index (χ1n) is 17.3. The molecular weight excluding hydrogens is 639 g/mol. The van der Waals surface area contributed by atoms with Crippen LogP contribution in [0.5, 0.6) is 0 Å². The minimum Gasteiger partial charge on any atom is -0.308 e. The molecule has 0 aliphatic carbocycles. The van der Waals surface area contributed by atoms with Gasteiger partial charge in [0.05, 0.1) is 26.8 Å². The lowest BCUT2D eigenvalue weighted by molar-refractivity contribution is 1.18. The molecule has 4 heterocycles. The van der Waals surface area contributed by atoms with Crippen molar-refractivity contribution in [1.29, 1.82) is 0 Å². The van der Waals surface area contributed by atoms with Crippen molar-refractivity contribution < 1.29 is 0 Å². The summed E-state index contributed by atoms with van der Waals surface area (Å²) >= 11 is 1.80. The number of para-hydroxylation sites is 3. The molecule has 0 N–H and O–H groups in total. The third kappa shape index (κ3) is 4.14. The van der Waals surface area contributed by atoms with E-state index in [1.54, 1.807) is 11.3 Å². The highest BCUT2D eigenvalue weighted by Gasteiger charge is 2.27. The smallest absolute Gasteiger partial charge is 0.124 e. The van der Waals surface area contributed by atoms with Crippen LogP contribution in [-0.2, 0) is 0 Å². The van der Waals surface area contributed by atoms with Gasteiger partial charge in [0.15, 0.2) is 0 Å². The first-order chi connectivity index (χ1) is 25.3. The fourth-order valence-electron chi connectivity index (χ4n) is 8.22. The highest BCUT2D eigenvalue weighted by molar-refractivity contribution is 7.26. The van der Waals surface area contributed by atoms with E-state index in [1.165, 1.54) is 81.3 Å². The molecule has 0 amide bonds. The Bertz CT molecular complexity index is 3060. The maximum Gasteiger partial charge on any atom is 0.124 e. The van der Waals surface area contributed by atoms with Crippen LogP contribution in [-0.4, -0.2) is 14.1 Å². The number of fused-ring (bicyclic) bond motifs is 12. The third-order valence-corrected chi connectivity index (χ3v) is 11.4. The molecule has 0 radical (unpaired) electrons. The van der Waals surface area contributed by atoms with E-state index >= 15 is 0 Å². The number of hydrogen-bond donors (Lipinski definition) is 0. The Morgan fingerprint density at radius 1 is 0.392 bits per heavy atom. The standard InChI is InChI=1S/C47H29N3S/c1-4-15-30(16-5-1)32-27-33(31-17-6-2-7-18-31)29-35(28-32)50-39-24-12-10-21-36(39)41-42-38-23-14-26-48-47(38)51-46(42)45-43(44(41)50)37-22-11-13-25-40(37)49(45)34-19-8-3-9-20-34/h1-29H. The quantitative estimate of drug-likeness (QED) is 0.183. The molecule has 0 spiro atoms. The number of hydrogen-bond acceptors (Lipinski definition) is 2. The predicted molar refractivity (Wildman–Crippen MR) is 217 cm³/mol. The summed E-state index contributed by atoms with van der Waals surface area (Å²) in [6.07, 6.45) is 1.92. The van der Waals surface area contributed by atoms with Gasteiger partial charge in [0.1, 0.15) is 4.83 Å². The second-order valence-corrected chi connectivity index (χ2v) is 14.1. The monoisotopic (exact) mass is 667 g/mol. The van der Waals surface area contributed by atoms with Gasteiger partial charge >= 0.3 is 0 Å². The van der Waals surface area contributed by atoms with Gasteiger partial charge in [-0.2, -0.15) is 0 Å². The highest BCUT2D eigenvalue weighted by Crippen LogP contribution is 2.51. The van der Waals surface area contributed by atoms with E-state index in [1.807, 2.05) is 6.20 Å². The third-order valence-electron chi connectivity index (χ3n) is 10.3. The second kappa shape index (κ2) is 11.0. The predicted octanol–water partition coefficient (Wildman–Crippen LogP) is 13.0. The van der Waals surface area contributed by atoms with Gasteiger partial charge in [-0.3, -0.25) is 0 Å². The molecule has 0 saturated carbocycles. The summed E-state index contributed by atoms with van der Waals surface area (Å²) in [6, 6.07) is 61.5. The zero-order valence-corrected chi connectivity index (χ0v) is 28.3. The fourth-order valence-corrected chi connectivity index (χ4v) is 9.41. The zero-order valence-electron chi connectivity index (χ0n) is 27.5. The van der Waals surface area contributed by atoms with Crippen LogP contribution in [0.25, 0.3) is 97.5 Å². The van der Waals surface area contributed by atoms with Crippen molar-refractivity contribution in [1.82, 2.24) is 14.1 Å². The van der Waals surface area contributed by atoms with Crippen molar-refractivity contribution in [3.05, 3.63) is 176 Å². The largest absolute Gasteiger partial charge is 0.308 e. The molecule has 7 aromatic carbocycles. The Balaban J connectivity index is 1.41. The molecule has 4 heteroatoms. The number of nitrogens with zero attached hydrogens (tertiary/aromatic N) is 3. The molecule has 11 aromatic rings. The van der Waals surface area contributed by atoms with Crippen LogP contribution in [0.15, 0.2) is 176 Å². The Hall–Kier alpha value is -6.49. The molecular formula is C47H29N3S. The molecule has 238 valence electrons. The van der Waals surface area contributed by atoms with Crippen LogP contribution in [0.3, 0.4) is 0 Å². The van der Waals surface area contributed by atoms with Gasteiger partial charge < -0.3 is 9.13 Å². The molecule has 0 fully saturated rings. The second-order valence-electron chi connectivity index (χ2n) is 13.2. The van der Waals surface area contributed by atoms with Gasteiger partial charge in [-0.25, -0.2) is 4.98 Å². The lowest BCUT2D eigenvalue weighted by Gasteiger charge is -2.15. The molecule has 4 aromatic heterocycles. The summed E-state index contributed by atoms with van der Waals surface area (Å²) in [5, 5.41) is 7.47. The Labute approximate surface area is 297 Å². The van der Waals surface area contributed by atoms with Gasteiger partial charge in [-0.05, 0) is 76.9 Å². The Kier molecular flexibility index (Phi) is 6.12.